The third kappa shape index (κ3) is 3.27. The predicted octanol–water partition coefficient (Wildman–Crippen LogP) is 2.76. The summed E-state index contributed by atoms with van der Waals surface area (Å²) < 4.78 is 25.0. The van der Waals surface area contributed by atoms with E-state index in [9.17, 15) is 8.42 Å². The predicted molar refractivity (Wildman–Crippen MR) is 77.6 cm³/mol. The molecule has 2 atom stereocenters. The molecule has 0 aromatic rings. The van der Waals surface area contributed by atoms with Gasteiger partial charge in [0.2, 0.25) is 0 Å². The Morgan fingerprint density at radius 3 is 2.44 bits per heavy atom. The lowest BCUT2D eigenvalue weighted by Gasteiger charge is -2.44. The van der Waals surface area contributed by atoms with Crippen LogP contribution in [0.2, 0.25) is 0 Å². The molecule has 1 fully saturated rings. The van der Waals surface area contributed by atoms with Gasteiger partial charge in [-0.05, 0) is 45.1 Å². The van der Waals surface area contributed by atoms with Gasteiger partial charge in [-0.25, -0.2) is 8.42 Å². The van der Waals surface area contributed by atoms with Crippen LogP contribution in [-0.4, -0.2) is 31.5 Å². The van der Waals surface area contributed by atoms with Gasteiger partial charge in [-0.2, -0.15) is 0 Å². The first-order valence-corrected chi connectivity index (χ1v) is 8.80. The molecule has 0 heterocycles. The number of hydrogen-bond donors (Lipinski definition) is 1. The molecular weight excluding hydrogens is 246 g/mol. The van der Waals surface area contributed by atoms with E-state index in [1.165, 1.54) is 0 Å². The largest absolute Gasteiger partial charge is 0.312 e. The third-order valence-corrected chi connectivity index (χ3v) is 6.88. The second-order valence-corrected chi connectivity index (χ2v) is 9.22. The second-order valence-electron chi connectivity index (χ2n) is 6.49. The summed E-state index contributed by atoms with van der Waals surface area (Å²) in [5.74, 6) is 0. The fourth-order valence-corrected chi connectivity index (χ4v) is 5.03. The van der Waals surface area contributed by atoms with Gasteiger partial charge in [0.1, 0.15) is 0 Å². The van der Waals surface area contributed by atoms with E-state index in [0.29, 0.717) is 0 Å². The lowest BCUT2D eigenvalue weighted by Crippen LogP contribution is -2.56. The monoisotopic (exact) mass is 275 g/mol. The Balaban J connectivity index is 2.99. The van der Waals surface area contributed by atoms with Gasteiger partial charge in [-0.3, -0.25) is 0 Å². The van der Waals surface area contributed by atoms with Gasteiger partial charge in [-0.15, -0.1) is 0 Å². The van der Waals surface area contributed by atoms with Crippen LogP contribution < -0.4 is 5.32 Å². The summed E-state index contributed by atoms with van der Waals surface area (Å²) in [7, 11) is -3.01. The molecule has 0 aliphatic heterocycles. The van der Waals surface area contributed by atoms with E-state index >= 15 is 0 Å². The van der Waals surface area contributed by atoms with Crippen molar-refractivity contribution in [2.75, 3.05) is 6.54 Å². The minimum absolute atomic E-state index is 0.0695. The van der Waals surface area contributed by atoms with Crippen LogP contribution in [0.25, 0.3) is 0 Å². The Labute approximate surface area is 113 Å². The van der Waals surface area contributed by atoms with Gasteiger partial charge in [0, 0.05) is 6.04 Å². The SMILES string of the molecule is CCCNC1C(S(=O)(=O)C(C)C)CCCC1(C)C. The first-order valence-electron chi connectivity index (χ1n) is 7.19. The van der Waals surface area contributed by atoms with Gasteiger partial charge in [0.25, 0.3) is 0 Å². The van der Waals surface area contributed by atoms with Crippen molar-refractivity contribution >= 4 is 9.84 Å². The maximum Gasteiger partial charge on any atom is 0.157 e. The van der Waals surface area contributed by atoms with Crippen LogP contribution in [0.3, 0.4) is 0 Å². The first-order chi connectivity index (χ1) is 8.23. The summed E-state index contributed by atoms with van der Waals surface area (Å²) in [5.41, 5.74) is 0.0695. The summed E-state index contributed by atoms with van der Waals surface area (Å²) in [6.45, 7) is 11.0. The molecule has 4 heteroatoms. The van der Waals surface area contributed by atoms with Gasteiger partial charge in [0.15, 0.2) is 9.84 Å². The zero-order valence-corrected chi connectivity index (χ0v) is 13.3. The highest BCUT2D eigenvalue weighted by atomic mass is 32.2. The highest BCUT2D eigenvalue weighted by Gasteiger charge is 2.45. The number of nitrogens with one attached hydrogen (secondary N) is 1. The Morgan fingerprint density at radius 2 is 1.94 bits per heavy atom. The minimum atomic E-state index is -3.01. The average molecular weight is 275 g/mol. The van der Waals surface area contributed by atoms with Crippen molar-refractivity contribution in [1.82, 2.24) is 5.32 Å². The van der Waals surface area contributed by atoms with E-state index in [0.717, 1.165) is 32.2 Å². The standard InChI is InChI=1S/C14H29NO2S/c1-6-10-15-13-12(18(16,17)11(2)3)8-7-9-14(13,4)5/h11-13,15H,6-10H2,1-5H3. The zero-order valence-electron chi connectivity index (χ0n) is 12.5. The van der Waals surface area contributed by atoms with Crippen molar-refractivity contribution < 1.29 is 8.42 Å². The normalized spacial score (nSPS) is 28.6. The Kier molecular flexibility index (Phi) is 5.24. The van der Waals surface area contributed by atoms with Crippen LogP contribution >= 0.6 is 0 Å². The van der Waals surface area contributed by atoms with Crippen molar-refractivity contribution in [2.24, 2.45) is 5.41 Å². The van der Waals surface area contributed by atoms with Gasteiger partial charge >= 0.3 is 0 Å². The van der Waals surface area contributed by atoms with E-state index in [-0.39, 0.29) is 22.0 Å². The van der Waals surface area contributed by atoms with Crippen molar-refractivity contribution in [3.8, 4) is 0 Å². The quantitative estimate of drug-likeness (QED) is 0.839. The Bertz CT molecular complexity index is 360. The molecule has 0 aromatic heterocycles. The molecular formula is C14H29NO2S. The van der Waals surface area contributed by atoms with Gasteiger partial charge < -0.3 is 5.32 Å². The molecule has 1 rings (SSSR count). The highest BCUT2D eigenvalue weighted by Crippen LogP contribution is 2.39. The molecule has 1 aliphatic rings. The maximum absolute atomic E-state index is 12.5. The van der Waals surface area contributed by atoms with E-state index in [4.69, 9.17) is 0 Å². The third-order valence-electron chi connectivity index (χ3n) is 4.22. The Morgan fingerprint density at radius 1 is 1.33 bits per heavy atom. The molecule has 1 N–H and O–H groups in total. The summed E-state index contributed by atoms with van der Waals surface area (Å²) in [6, 6.07) is 0.0959. The molecule has 0 aromatic carbocycles. The van der Waals surface area contributed by atoms with Crippen molar-refractivity contribution in [1.29, 1.82) is 0 Å². The lowest BCUT2D eigenvalue weighted by atomic mass is 9.73. The fourth-order valence-electron chi connectivity index (χ4n) is 3.00. The van der Waals surface area contributed by atoms with E-state index in [1.807, 2.05) is 0 Å². The van der Waals surface area contributed by atoms with E-state index < -0.39 is 9.84 Å². The number of hydrogen-bond acceptors (Lipinski definition) is 3. The highest BCUT2D eigenvalue weighted by molar-refractivity contribution is 7.92. The van der Waals surface area contributed by atoms with Crippen LogP contribution in [0.5, 0.6) is 0 Å². The average Bonchev–Trinajstić information content (AvgIpc) is 2.26. The second kappa shape index (κ2) is 5.91. The molecule has 0 radical (unpaired) electrons. The molecule has 3 nitrogen and oxygen atoms in total. The van der Waals surface area contributed by atoms with Crippen LogP contribution in [0.4, 0.5) is 0 Å². The van der Waals surface area contributed by atoms with Crippen molar-refractivity contribution in [3.05, 3.63) is 0 Å². The van der Waals surface area contributed by atoms with E-state index in [1.54, 1.807) is 13.8 Å². The smallest absolute Gasteiger partial charge is 0.157 e. The summed E-state index contributed by atoms with van der Waals surface area (Å²) >= 11 is 0. The molecule has 108 valence electrons. The van der Waals surface area contributed by atoms with Crippen molar-refractivity contribution in [2.45, 2.75) is 76.8 Å². The summed E-state index contributed by atoms with van der Waals surface area (Å²) in [4.78, 5) is 0. The maximum atomic E-state index is 12.5. The summed E-state index contributed by atoms with van der Waals surface area (Å²) in [6.07, 6.45) is 3.98. The van der Waals surface area contributed by atoms with Crippen LogP contribution in [0, 0.1) is 5.41 Å². The number of rotatable bonds is 5. The molecule has 1 saturated carbocycles. The van der Waals surface area contributed by atoms with Gasteiger partial charge in [0.05, 0.1) is 10.5 Å². The molecule has 1 aliphatic carbocycles. The van der Waals surface area contributed by atoms with Crippen LogP contribution in [0.1, 0.15) is 60.3 Å². The molecule has 0 saturated heterocycles. The molecule has 0 amide bonds. The molecule has 2 unspecified atom stereocenters. The van der Waals surface area contributed by atoms with Gasteiger partial charge in [-0.1, -0.05) is 27.2 Å². The van der Waals surface area contributed by atoms with Crippen LogP contribution in [0.15, 0.2) is 0 Å². The lowest BCUT2D eigenvalue weighted by molar-refractivity contribution is 0.170. The molecule has 0 spiro atoms. The minimum Gasteiger partial charge on any atom is -0.312 e. The zero-order chi connectivity index (χ0) is 14.0. The topological polar surface area (TPSA) is 46.2 Å². The van der Waals surface area contributed by atoms with Crippen molar-refractivity contribution in [3.63, 3.8) is 0 Å². The fraction of sp³-hybridized carbons (Fsp3) is 1.00. The Hall–Kier alpha value is -0.0900. The summed E-state index contributed by atoms with van der Waals surface area (Å²) in [5, 5.41) is 3.00. The van der Waals surface area contributed by atoms with E-state index in [2.05, 4.69) is 26.1 Å². The first kappa shape index (κ1) is 16.0. The molecule has 0 bridgehead atoms. The van der Waals surface area contributed by atoms with Crippen LogP contribution in [-0.2, 0) is 9.84 Å². The molecule has 18 heavy (non-hydrogen) atoms. The number of sulfone groups is 1.